The molecule has 1 aromatic heterocycles. The van der Waals surface area contributed by atoms with Gasteiger partial charge in [-0.15, -0.1) is 0 Å². The minimum atomic E-state index is -3.11. The molecule has 16 heavy (non-hydrogen) atoms. The van der Waals surface area contributed by atoms with Gasteiger partial charge in [-0.25, -0.2) is 18.4 Å². The lowest BCUT2D eigenvalue weighted by Gasteiger charge is -2.10. The molecular formula is C9H8N4O2S. The highest BCUT2D eigenvalue weighted by Crippen LogP contribution is 2.14. The second-order valence-electron chi connectivity index (χ2n) is 3.27. The number of hydrogen-bond donors (Lipinski definition) is 1. The number of rotatable bonds is 2. The van der Waals surface area contributed by atoms with E-state index in [2.05, 4.69) is 15.3 Å². The van der Waals surface area contributed by atoms with Crippen LogP contribution in [0, 0.1) is 11.3 Å². The van der Waals surface area contributed by atoms with E-state index in [1.807, 2.05) is 6.07 Å². The zero-order valence-corrected chi connectivity index (χ0v) is 8.98. The second kappa shape index (κ2) is 3.90. The van der Waals surface area contributed by atoms with Crippen LogP contribution in [0.4, 0.5) is 5.82 Å². The summed E-state index contributed by atoms with van der Waals surface area (Å²) in [6, 6.07) is 1.53. The van der Waals surface area contributed by atoms with E-state index in [0.717, 1.165) is 5.41 Å². The molecule has 82 valence electrons. The Bertz CT molecular complexity index is 573. The van der Waals surface area contributed by atoms with Crippen LogP contribution in [0.15, 0.2) is 23.9 Å². The normalized spacial score (nSPS) is 21.6. The first-order valence-electron chi connectivity index (χ1n) is 4.49. The Morgan fingerprint density at radius 3 is 2.81 bits per heavy atom. The summed E-state index contributed by atoms with van der Waals surface area (Å²) in [5, 5.41) is 12.8. The van der Waals surface area contributed by atoms with Crippen molar-refractivity contribution in [3.63, 3.8) is 0 Å². The molecule has 1 aliphatic rings. The molecule has 0 radical (unpaired) electrons. The third kappa shape index (κ3) is 2.17. The zero-order valence-electron chi connectivity index (χ0n) is 8.16. The molecular weight excluding hydrogens is 228 g/mol. The minimum absolute atomic E-state index is 0.0194. The maximum absolute atomic E-state index is 11.2. The van der Waals surface area contributed by atoms with Gasteiger partial charge in [-0.2, -0.15) is 5.26 Å². The van der Waals surface area contributed by atoms with Crippen LogP contribution in [-0.4, -0.2) is 30.2 Å². The molecule has 1 aromatic rings. The number of nitriles is 1. The fraction of sp³-hybridized carbons (Fsp3) is 0.222. The van der Waals surface area contributed by atoms with Crippen molar-refractivity contribution in [2.24, 2.45) is 0 Å². The van der Waals surface area contributed by atoms with Crippen LogP contribution in [-0.2, 0) is 9.84 Å². The van der Waals surface area contributed by atoms with Gasteiger partial charge in [-0.05, 0) is 6.08 Å². The van der Waals surface area contributed by atoms with E-state index >= 15 is 0 Å². The lowest BCUT2D eigenvalue weighted by Crippen LogP contribution is -2.22. The van der Waals surface area contributed by atoms with E-state index in [1.165, 1.54) is 18.5 Å². The van der Waals surface area contributed by atoms with Crippen molar-refractivity contribution in [3.05, 3.63) is 29.6 Å². The summed E-state index contributed by atoms with van der Waals surface area (Å²) in [5.74, 6) is 0.283. The molecule has 0 bridgehead atoms. The highest BCUT2D eigenvalue weighted by molar-refractivity contribution is 7.94. The van der Waals surface area contributed by atoms with Gasteiger partial charge in [0.05, 0.1) is 11.8 Å². The quantitative estimate of drug-likeness (QED) is 0.780. The number of hydrogen-bond acceptors (Lipinski definition) is 6. The lowest BCUT2D eigenvalue weighted by molar-refractivity contribution is 0.605. The van der Waals surface area contributed by atoms with E-state index < -0.39 is 9.84 Å². The highest BCUT2D eigenvalue weighted by Gasteiger charge is 2.22. The van der Waals surface area contributed by atoms with Crippen LogP contribution in [0.5, 0.6) is 0 Å². The summed E-state index contributed by atoms with van der Waals surface area (Å²) in [4.78, 5) is 7.75. The Hall–Kier alpha value is -1.94. The van der Waals surface area contributed by atoms with Crippen molar-refractivity contribution >= 4 is 15.7 Å². The van der Waals surface area contributed by atoms with Crippen molar-refractivity contribution in [1.82, 2.24) is 9.97 Å². The Kier molecular flexibility index (Phi) is 2.58. The van der Waals surface area contributed by atoms with Crippen LogP contribution in [0.25, 0.3) is 0 Å². The summed E-state index contributed by atoms with van der Waals surface area (Å²) < 4.78 is 22.3. The number of sulfone groups is 1. The molecule has 7 heteroatoms. The molecule has 1 aliphatic heterocycles. The lowest BCUT2D eigenvalue weighted by atomic mass is 10.3. The van der Waals surface area contributed by atoms with Gasteiger partial charge >= 0.3 is 0 Å². The molecule has 1 unspecified atom stereocenters. The van der Waals surface area contributed by atoms with Gasteiger partial charge in [0.2, 0.25) is 0 Å². The number of nitrogens with one attached hydrogen (secondary N) is 1. The predicted octanol–water partition coefficient (Wildman–Crippen LogP) is 0.0709. The average Bonchev–Trinajstić information content (AvgIpc) is 2.59. The number of aromatic nitrogens is 2. The zero-order chi connectivity index (χ0) is 11.6. The molecule has 0 fully saturated rings. The molecule has 6 nitrogen and oxygen atoms in total. The van der Waals surface area contributed by atoms with Gasteiger partial charge < -0.3 is 5.32 Å². The summed E-state index contributed by atoms with van der Waals surface area (Å²) in [7, 11) is -3.11. The van der Waals surface area contributed by atoms with Crippen LogP contribution in [0.1, 0.15) is 5.69 Å². The summed E-state index contributed by atoms with van der Waals surface area (Å²) in [6.45, 7) is 0. The fourth-order valence-electron chi connectivity index (χ4n) is 1.37. The molecule has 0 spiro atoms. The SMILES string of the molecule is N#Cc1nccnc1NC1C=CS(=O)(=O)C1. The second-order valence-corrected chi connectivity index (χ2v) is 5.21. The van der Waals surface area contributed by atoms with E-state index in [0.29, 0.717) is 5.82 Å². The van der Waals surface area contributed by atoms with E-state index in [9.17, 15) is 8.42 Å². The molecule has 2 heterocycles. The Balaban J connectivity index is 2.18. The molecule has 0 aliphatic carbocycles. The molecule has 0 saturated heterocycles. The Labute approximate surface area is 92.6 Å². The van der Waals surface area contributed by atoms with Gasteiger partial charge in [-0.3, -0.25) is 0 Å². The molecule has 1 N–H and O–H groups in total. The first-order valence-corrected chi connectivity index (χ1v) is 6.21. The third-order valence-electron chi connectivity index (χ3n) is 2.06. The topological polar surface area (TPSA) is 95.7 Å². The predicted molar refractivity (Wildman–Crippen MR) is 57.1 cm³/mol. The van der Waals surface area contributed by atoms with Gasteiger partial charge in [0.1, 0.15) is 6.07 Å². The third-order valence-corrected chi connectivity index (χ3v) is 3.45. The van der Waals surface area contributed by atoms with Crippen molar-refractivity contribution < 1.29 is 8.42 Å². The van der Waals surface area contributed by atoms with Crippen LogP contribution in [0.3, 0.4) is 0 Å². The van der Waals surface area contributed by atoms with Crippen LogP contribution >= 0.6 is 0 Å². The number of nitrogens with zero attached hydrogens (tertiary/aromatic N) is 3. The number of anilines is 1. The van der Waals surface area contributed by atoms with Gasteiger partial charge in [0.25, 0.3) is 0 Å². The van der Waals surface area contributed by atoms with Crippen LogP contribution in [0.2, 0.25) is 0 Å². The minimum Gasteiger partial charge on any atom is -0.360 e. The van der Waals surface area contributed by atoms with Crippen molar-refractivity contribution in [1.29, 1.82) is 5.26 Å². The Morgan fingerprint density at radius 1 is 1.44 bits per heavy atom. The monoisotopic (exact) mass is 236 g/mol. The van der Waals surface area contributed by atoms with Gasteiger partial charge in [0, 0.05) is 17.8 Å². The van der Waals surface area contributed by atoms with Crippen molar-refractivity contribution in [2.45, 2.75) is 6.04 Å². The van der Waals surface area contributed by atoms with Crippen molar-refractivity contribution in [3.8, 4) is 6.07 Å². The molecule has 2 rings (SSSR count). The molecule has 0 saturated carbocycles. The van der Waals surface area contributed by atoms with E-state index in [-0.39, 0.29) is 17.5 Å². The standard InChI is InChI=1S/C9H8N4O2S/c10-5-8-9(12-3-2-11-8)13-7-1-4-16(14,15)6-7/h1-4,7H,6H2,(H,12,13). The summed E-state index contributed by atoms with van der Waals surface area (Å²) in [6.07, 6.45) is 4.38. The molecule has 1 atom stereocenters. The smallest absolute Gasteiger partial charge is 0.182 e. The largest absolute Gasteiger partial charge is 0.360 e. The molecule has 0 amide bonds. The Morgan fingerprint density at radius 2 is 2.19 bits per heavy atom. The fourth-order valence-corrected chi connectivity index (χ4v) is 2.60. The highest BCUT2D eigenvalue weighted by atomic mass is 32.2. The first kappa shape index (κ1) is 10.6. The summed E-state index contributed by atoms with van der Waals surface area (Å²) in [5.41, 5.74) is 0.153. The van der Waals surface area contributed by atoms with Gasteiger partial charge in [-0.1, -0.05) is 0 Å². The maximum atomic E-state index is 11.2. The van der Waals surface area contributed by atoms with Gasteiger partial charge in [0.15, 0.2) is 21.3 Å². The van der Waals surface area contributed by atoms with E-state index in [1.54, 1.807) is 0 Å². The maximum Gasteiger partial charge on any atom is 0.182 e. The molecule has 0 aromatic carbocycles. The van der Waals surface area contributed by atoms with Crippen LogP contribution < -0.4 is 5.32 Å². The summed E-state index contributed by atoms with van der Waals surface area (Å²) >= 11 is 0. The average molecular weight is 236 g/mol. The first-order chi connectivity index (χ1) is 7.61. The van der Waals surface area contributed by atoms with E-state index in [4.69, 9.17) is 5.26 Å². The van der Waals surface area contributed by atoms with Crippen molar-refractivity contribution in [2.75, 3.05) is 11.1 Å².